The Kier molecular flexibility index (Phi) is 9.02. The number of rotatable bonds is 13. The lowest BCUT2D eigenvalue weighted by Crippen LogP contribution is -2.42. The van der Waals surface area contributed by atoms with Crippen LogP contribution in [0, 0.1) is 5.92 Å². The standard InChI is InChI=1S/C35H32N2O8S/c1-21(37(33(38)17-24(35(41)42)18-34(39)40)19-25-15-23-7-2-5-11-31(23)46-25)26(22-13-14-29-30(16-22)44-20-43-29)8-6-12-32-36-27-9-3-4-10-28(27)45-32/h2-7,9-16,21,24,26H,8,17-20H2,1H3,(H,39,40)(H,41,42)/b12-6+/t21?,24-,26?/m1/s1. The molecule has 0 fully saturated rings. The number of oxazole rings is 1. The number of thiophene rings is 1. The third-order valence-corrected chi connectivity index (χ3v) is 9.27. The van der Waals surface area contributed by atoms with E-state index in [0.717, 1.165) is 26.0 Å². The molecule has 0 saturated carbocycles. The van der Waals surface area contributed by atoms with E-state index < -0.39 is 42.6 Å². The maximum atomic E-state index is 14.0. The van der Waals surface area contributed by atoms with E-state index in [4.69, 9.17) is 13.9 Å². The van der Waals surface area contributed by atoms with E-state index in [-0.39, 0.29) is 19.3 Å². The zero-order valence-electron chi connectivity index (χ0n) is 25.0. The monoisotopic (exact) mass is 640 g/mol. The van der Waals surface area contributed by atoms with Crippen LogP contribution in [0.25, 0.3) is 27.3 Å². The molecule has 0 radical (unpaired) electrons. The van der Waals surface area contributed by atoms with E-state index in [1.165, 1.54) is 0 Å². The maximum absolute atomic E-state index is 14.0. The number of benzene rings is 3. The number of carbonyl (C=O) groups is 3. The van der Waals surface area contributed by atoms with E-state index in [2.05, 4.69) is 4.98 Å². The summed E-state index contributed by atoms with van der Waals surface area (Å²) in [5.74, 6) is -2.96. The third kappa shape index (κ3) is 6.89. The first-order valence-electron chi connectivity index (χ1n) is 14.9. The van der Waals surface area contributed by atoms with Crippen molar-refractivity contribution in [2.45, 2.75) is 44.7 Å². The number of carboxylic acids is 2. The first kappa shape index (κ1) is 30.8. The molecule has 0 aliphatic carbocycles. The molecule has 3 heterocycles. The summed E-state index contributed by atoms with van der Waals surface area (Å²) in [6.07, 6.45) is 3.14. The van der Waals surface area contributed by atoms with Crippen molar-refractivity contribution >= 4 is 56.4 Å². The Hall–Kier alpha value is -5.16. The second-order valence-corrected chi connectivity index (χ2v) is 12.4. The summed E-state index contributed by atoms with van der Waals surface area (Å²) in [5, 5.41) is 20.1. The van der Waals surface area contributed by atoms with Gasteiger partial charge in [0.2, 0.25) is 18.6 Å². The number of amides is 1. The van der Waals surface area contributed by atoms with E-state index >= 15 is 0 Å². The summed E-state index contributed by atoms with van der Waals surface area (Å²) in [5.41, 5.74) is 2.32. The molecule has 0 spiro atoms. The summed E-state index contributed by atoms with van der Waals surface area (Å²) in [6.45, 7) is 2.28. The van der Waals surface area contributed by atoms with Gasteiger partial charge in [0.15, 0.2) is 17.1 Å². The van der Waals surface area contributed by atoms with Crippen LogP contribution in [-0.2, 0) is 20.9 Å². The molecule has 1 aliphatic heterocycles. The molecule has 0 bridgehead atoms. The molecule has 236 valence electrons. The average molecular weight is 641 g/mol. The van der Waals surface area contributed by atoms with Crippen LogP contribution in [0.2, 0.25) is 0 Å². The minimum absolute atomic E-state index is 0.118. The molecule has 46 heavy (non-hydrogen) atoms. The zero-order chi connectivity index (χ0) is 32.2. The number of fused-ring (bicyclic) bond motifs is 3. The minimum atomic E-state index is -1.36. The maximum Gasteiger partial charge on any atom is 0.307 e. The number of ether oxygens (including phenoxy) is 2. The summed E-state index contributed by atoms with van der Waals surface area (Å²) >= 11 is 1.56. The number of aliphatic carboxylic acids is 2. The summed E-state index contributed by atoms with van der Waals surface area (Å²) in [4.78, 5) is 44.5. The highest BCUT2D eigenvalue weighted by Crippen LogP contribution is 2.38. The Balaban J connectivity index is 1.34. The normalized spacial score (nSPS) is 14.5. The molecule has 5 aromatic rings. The Labute approximate surface area is 268 Å². The van der Waals surface area contributed by atoms with Gasteiger partial charge >= 0.3 is 11.9 Å². The van der Waals surface area contributed by atoms with E-state index in [0.29, 0.717) is 29.4 Å². The van der Waals surface area contributed by atoms with Gasteiger partial charge in [-0.05, 0) is 66.8 Å². The molecule has 1 amide bonds. The summed E-state index contributed by atoms with van der Waals surface area (Å²) < 4.78 is 18.1. The molecular formula is C35H32N2O8S. The lowest BCUT2D eigenvalue weighted by molar-refractivity contribution is -0.151. The highest BCUT2D eigenvalue weighted by molar-refractivity contribution is 7.19. The van der Waals surface area contributed by atoms with Gasteiger partial charge in [0, 0.05) is 28.0 Å². The quantitative estimate of drug-likeness (QED) is 0.140. The van der Waals surface area contributed by atoms with Crippen LogP contribution in [0.3, 0.4) is 0 Å². The number of allylic oxidation sites excluding steroid dienone is 1. The molecule has 0 saturated heterocycles. The fourth-order valence-electron chi connectivity index (χ4n) is 5.78. The number of carbonyl (C=O) groups excluding carboxylic acids is 1. The molecule has 1 aliphatic rings. The van der Waals surface area contributed by atoms with Crippen molar-refractivity contribution in [3.63, 3.8) is 0 Å². The molecule has 2 unspecified atom stereocenters. The van der Waals surface area contributed by atoms with E-state index in [1.54, 1.807) is 22.3 Å². The largest absolute Gasteiger partial charge is 0.481 e. The van der Waals surface area contributed by atoms with Crippen molar-refractivity contribution in [1.82, 2.24) is 9.88 Å². The van der Waals surface area contributed by atoms with Gasteiger partial charge in [-0.25, -0.2) is 4.98 Å². The molecule has 11 heteroatoms. The van der Waals surface area contributed by atoms with Gasteiger partial charge in [-0.3, -0.25) is 14.4 Å². The van der Waals surface area contributed by atoms with Gasteiger partial charge in [0.05, 0.1) is 18.9 Å². The summed E-state index contributed by atoms with van der Waals surface area (Å²) in [7, 11) is 0. The van der Waals surface area contributed by atoms with Crippen molar-refractivity contribution in [3.05, 3.63) is 95.2 Å². The van der Waals surface area contributed by atoms with Crippen molar-refractivity contribution in [2.75, 3.05) is 6.79 Å². The second-order valence-electron chi connectivity index (χ2n) is 11.2. The van der Waals surface area contributed by atoms with Gasteiger partial charge in [-0.1, -0.05) is 42.5 Å². The number of nitrogens with zero attached hydrogens (tertiary/aromatic N) is 2. The van der Waals surface area contributed by atoms with Gasteiger partial charge in [0.1, 0.15) is 5.52 Å². The first-order valence-corrected chi connectivity index (χ1v) is 15.7. The SMILES string of the molecule is CC(C(C/C=C/c1nc2ccccc2o1)c1ccc2c(c1)OCO2)N(Cc1cc2ccccc2s1)C(=O)C[C@H](CC(=O)O)C(=O)O. The van der Waals surface area contributed by atoms with Gasteiger partial charge in [0.25, 0.3) is 0 Å². The lowest BCUT2D eigenvalue weighted by Gasteiger charge is -2.35. The molecule has 3 aromatic carbocycles. The number of hydrogen-bond donors (Lipinski definition) is 2. The highest BCUT2D eigenvalue weighted by atomic mass is 32.1. The van der Waals surface area contributed by atoms with Crippen LogP contribution >= 0.6 is 11.3 Å². The van der Waals surface area contributed by atoms with Crippen molar-refractivity contribution in [3.8, 4) is 11.5 Å². The number of aromatic nitrogens is 1. The molecule has 6 rings (SSSR count). The van der Waals surface area contributed by atoms with Gasteiger partial charge < -0.3 is 29.0 Å². The topological polar surface area (TPSA) is 139 Å². The van der Waals surface area contributed by atoms with Crippen molar-refractivity contribution in [2.24, 2.45) is 5.92 Å². The number of para-hydroxylation sites is 2. The first-order chi connectivity index (χ1) is 22.2. The Morgan fingerprint density at radius 2 is 1.76 bits per heavy atom. The van der Waals surface area contributed by atoms with Crippen LogP contribution in [0.1, 0.15) is 48.4 Å². The zero-order valence-corrected chi connectivity index (χ0v) is 25.8. The van der Waals surface area contributed by atoms with E-state index in [1.807, 2.05) is 85.8 Å². The Morgan fingerprint density at radius 3 is 2.54 bits per heavy atom. The molecule has 2 N–H and O–H groups in total. The second kappa shape index (κ2) is 13.5. The highest BCUT2D eigenvalue weighted by Gasteiger charge is 2.33. The fourth-order valence-corrected chi connectivity index (χ4v) is 6.84. The molecule has 2 aromatic heterocycles. The number of hydrogen-bond acceptors (Lipinski definition) is 8. The molecule has 10 nitrogen and oxygen atoms in total. The Bertz CT molecular complexity index is 1860. The van der Waals surface area contributed by atoms with Crippen LogP contribution in [-0.4, -0.2) is 50.8 Å². The van der Waals surface area contributed by atoms with E-state index in [9.17, 15) is 24.6 Å². The predicted molar refractivity (Wildman–Crippen MR) is 173 cm³/mol. The lowest BCUT2D eigenvalue weighted by atomic mass is 9.87. The van der Waals surface area contributed by atoms with Crippen LogP contribution in [0.5, 0.6) is 11.5 Å². The smallest absolute Gasteiger partial charge is 0.307 e. The van der Waals surface area contributed by atoms with Crippen molar-refractivity contribution < 1.29 is 38.5 Å². The Morgan fingerprint density at radius 1 is 0.978 bits per heavy atom. The van der Waals surface area contributed by atoms with Gasteiger partial charge in [-0.15, -0.1) is 11.3 Å². The molecule has 3 atom stereocenters. The average Bonchev–Trinajstić information content (AvgIpc) is 3.78. The number of carboxylic acid groups (broad SMARTS) is 2. The fraction of sp³-hybridized carbons (Fsp3) is 0.257. The van der Waals surface area contributed by atoms with Crippen LogP contribution in [0.4, 0.5) is 0 Å². The van der Waals surface area contributed by atoms with Crippen molar-refractivity contribution in [1.29, 1.82) is 0 Å². The van der Waals surface area contributed by atoms with Crippen LogP contribution in [0.15, 0.2) is 83.3 Å². The summed E-state index contributed by atoms with van der Waals surface area (Å²) in [6, 6.07) is 22.7. The van der Waals surface area contributed by atoms with Crippen LogP contribution < -0.4 is 9.47 Å². The third-order valence-electron chi connectivity index (χ3n) is 8.17. The predicted octanol–water partition coefficient (Wildman–Crippen LogP) is 6.94. The molecular weight excluding hydrogens is 608 g/mol. The minimum Gasteiger partial charge on any atom is -0.481 e. The van der Waals surface area contributed by atoms with Gasteiger partial charge in [-0.2, -0.15) is 0 Å².